The van der Waals surface area contributed by atoms with E-state index in [4.69, 9.17) is 18.6 Å². The Labute approximate surface area is 216 Å². The zero-order valence-corrected chi connectivity index (χ0v) is 22.0. The number of nitrogens with zero attached hydrogens (tertiary/aromatic N) is 3. The molecule has 2 aromatic heterocycles. The fraction of sp³-hybridized carbons (Fsp3) is 0.261. The highest BCUT2D eigenvalue weighted by Crippen LogP contribution is 2.40. The van der Waals surface area contributed by atoms with Gasteiger partial charge in [-0.05, 0) is 37.6 Å². The molecule has 0 unspecified atom stereocenters. The minimum atomic E-state index is -0.900. The molecule has 4 rings (SSSR count). The molecule has 0 amide bonds. The van der Waals surface area contributed by atoms with Gasteiger partial charge in [-0.1, -0.05) is 27.3 Å². The SMILES string of the molecule is CCOC(=O)C1=C(C)N=c2s/c(=C\c3ccc([N+](=O)[O-])o3)c(=O)n2[C@@H]1c1cc(OC)c(OC)cc1Br. The van der Waals surface area contributed by atoms with E-state index in [9.17, 15) is 19.7 Å². The molecule has 36 heavy (non-hydrogen) atoms. The minimum absolute atomic E-state index is 0.136. The van der Waals surface area contributed by atoms with E-state index in [0.29, 0.717) is 32.0 Å². The lowest BCUT2D eigenvalue weighted by atomic mass is 9.95. The van der Waals surface area contributed by atoms with Gasteiger partial charge in [0.25, 0.3) is 5.56 Å². The highest BCUT2D eigenvalue weighted by Gasteiger charge is 2.35. The van der Waals surface area contributed by atoms with E-state index >= 15 is 0 Å². The molecule has 0 N–H and O–H groups in total. The van der Waals surface area contributed by atoms with Gasteiger partial charge in [0.2, 0.25) is 0 Å². The van der Waals surface area contributed by atoms with Gasteiger partial charge in [0.05, 0.1) is 48.7 Å². The van der Waals surface area contributed by atoms with Crippen molar-refractivity contribution in [2.45, 2.75) is 19.9 Å². The molecule has 0 radical (unpaired) electrons. The number of halogens is 1. The number of benzene rings is 1. The lowest BCUT2D eigenvalue weighted by molar-refractivity contribution is -0.402. The number of ether oxygens (including phenoxy) is 3. The molecule has 13 heteroatoms. The number of furan rings is 1. The number of methoxy groups -OCH3 is 2. The number of carbonyl (C=O) groups excluding carboxylic acids is 1. The molecule has 0 saturated carbocycles. The summed E-state index contributed by atoms with van der Waals surface area (Å²) in [5.41, 5.74) is 0.670. The second kappa shape index (κ2) is 10.1. The summed E-state index contributed by atoms with van der Waals surface area (Å²) in [5, 5.41) is 11.0. The molecule has 3 heterocycles. The lowest BCUT2D eigenvalue weighted by Gasteiger charge is -2.26. The molecule has 188 valence electrons. The average Bonchev–Trinajstić information content (AvgIpc) is 3.43. The third-order valence-electron chi connectivity index (χ3n) is 5.38. The molecule has 1 aromatic carbocycles. The second-order valence-electron chi connectivity index (χ2n) is 7.46. The number of thiazole rings is 1. The van der Waals surface area contributed by atoms with E-state index in [1.807, 2.05) is 0 Å². The first kappa shape index (κ1) is 25.4. The molecular formula is C23H20BrN3O8S. The van der Waals surface area contributed by atoms with Crippen LogP contribution in [0.1, 0.15) is 31.2 Å². The number of carbonyl (C=O) groups is 1. The third kappa shape index (κ3) is 4.46. The fourth-order valence-corrected chi connectivity index (χ4v) is 5.38. The standard InChI is InChI=1S/C23H20BrN3O8S/c1-5-34-22(29)19-11(2)25-23-26(20(19)13-9-15(32-3)16(33-4)10-14(13)24)21(28)17(36-23)8-12-6-7-18(35-12)27(30)31/h6-10,20H,5H2,1-4H3/b17-8-/t20-/m1/s1. The maximum Gasteiger partial charge on any atom is 0.433 e. The van der Waals surface area contributed by atoms with Crippen molar-refractivity contribution in [1.29, 1.82) is 0 Å². The van der Waals surface area contributed by atoms with Gasteiger partial charge in [-0.15, -0.1) is 0 Å². The Balaban J connectivity index is 1.99. The number of hydrogen-bond acceptors (Lipinski definition) is 10. The number of aromatic nitrogens is 1. The molecule has 11 nitrogen and oxygen atoms in total. The Morgan fingerprint density at radius 2 is 2.00 bits per heavy atom. The van der Waals surface area contributed by atoms with Crippen LogP contribution in [0.25, 0.3) is 6.08 Å². The Bertz CT molecular complexity index is 1580. The normalized spacial score (nSPS) is 15.4. The van der Waals surface area contributed by atoms with Gasteiger partial charge in [-0.3, -0.25) is 19.5 Å². The summed E-state index contributed by atoms with van der Waals surface area (Å²) in [6.07, 6.45) is 1.40. The molecular weight excluding hydrogens is 558 g/mol. The number of nitro groups is 1. The third-order valence-corrected chi connectivity index (χ3v) is 7.05. The first-order valence-electron chi connectivity index (χ1n) is 10.5. The summed E-state index contributed by atoms with van der Waals surface area (Å²) in [7, 11) is 2.98. The van der Waals surface area contributed by atoms with Crippen molar-refractivity contribution < 1.29 is 28.3 Å². The van der Waals surface area contributed by atoms with Crippen LogP contribution in [-0.2, 0) is 9.53 Å². The topological polar surface area (TPSA) is 135 Å². The van der Waals surface area contributed by atoms with Crippen molar-refractivity contribution in [1.82, 2.24) is 4.57 Å². The van der Waals surface area contributed by atoms with Gasteiger partial charge in [-0.25, -0.2) is 9.79 Å². The van der Waals surface area contributed by atoms with Gasteiger partial charge < -0.3 is 18.6 Å². The van der Waals surface area contributed by atoms with Crippen molar-refractivity contribution in [3.63, 3.8) is 0 Å². The van der Waals surface area contributed by atoms with Crippen LogP contribution >= 0.6 is 27.3 Å². The fourth-order valence-electron chi connectivity index (χ4n) is 3.81. The van der Waals surface area contributed by atoms with Crippen molar-refractivity contribution >= 4 is 45.2 Å². The molecule has 1 aliphatic rings. The summed E-state index contributed by atoms with van der Waals surface area (Å²) in [4.78, 5) is 41.8. The van der Waals surface area contributed by atoms with Crippen LogP contribution in [0.4, 0.5) is 5.88 Å². The predicted molar refractivity (Wildman–Crippen MR) is 133 cm³/mol. The molecule has 0 fully saturated rings. The van der Waals surface area contributed by atoms with E-state index < -0.39 is 28.4 Å². The summed E-state index contributed by atoms with van der Waals surface area (Å²) >= 11 is 4.60. The number of esters is 1. The smallest absolute Gasteiger partial charge is 0.433 e. The van der Waals surface area contributed by atoms with E-state index in [1.165, 1.54) is 37.0 Å². The number of hydrogen-bond donors (Lipinski definition) is 0. The van der Waals surface area contributed by atoms with Gasteiger partial charge in [0.15, 0.2) is 16.3 Å². The van der Waals surface area contributed by atoms with Crippen LogP contribution in [0.15, 0.2) is 54.2 Å². The number of allylic oxidation sites excluding steroid dienone is 1. The molecule has 0 spiro atoms. The largest absolute Gasteiger partial charge is 0.493 e. The quantitative estimate of drug-likeness (QED) is 0.237. The lowest BCUT2D eigenvalue weighted by Crippen LogP contribution is -2.40. The van der Waals surface area contributed by atoms with Crippen LogP contribution in [-0.4, -0.2) is 36.3 Å². The van der Waals surface area contributed by atoms with Gasteiger partial charge in [-0.2, -0.15) is 0 Å². The van der Waals surface area contributed by atoms with Crippen molar-refractivity contribution in [2.24, 2.45) is 4.99 Å². The van der Waals surface area contributed by atoms with E-state index in [-0.39, 0.29) is 22.5 Å². The molecule has 1 aliphatic heterocycles. The van der Waals surface area contributed by atoms with Crippen LogP contribution < -0.4 is 24.4 Å². The highest BCUT2D eigenvalue weighted by atomic mass is 79.9. The molecule has 0 aliphatic carbocycles. The predicted octanol–water partition coefficient (Wildman–Crippen LogP) is 3.08. The summed E-state index contributed by atoms with van der Waals surface area (Å²) in [6.45, 7) is 3.49. The van der Waals surface area contributed by atoms with E-state index in [0.717, 1.165) is 11.3 Å². The minimum Gasteiger partial charge on any atom is -0.493 e. The van der Waals surface area contributed by atoms with Gasteiger partial charge in [0.1, 0.15) is 10.7 Å². The number of fused-ring (bicyclic) bond motifs is 1. The van der Waals surface area contributed by atoms with Gasteiger partial charge >= 0.3 is 11.9 Å². The van der Waals surface area contributed by atoms with Crippen molar-refractivity contribution in [3.05, 3.63) is 81.1 Å². The number of rotatable bonds is 7. The summed E-state index contributed by atoms with van der Waals surface area (Å²) in [5.74, 6) is -0.0583. The second-order valence-corrected chi connectivity index (χ2v) is 9.33. The Morgan fingerprint density at radius 1 is 1.31 bits per heavy atom. The van der Waals surface area contributed by atoms with Crippen LogP contribution in [0.5, 0.6) is 11.5 Å². The Hall–Kier alpha value is -3.71. The van der Waals surface area contributed by atoms with Crippen molar-refractivity contribution in [3.8, 4) is 11.5 Å². The first-order chi connectivity index (χ1) is 17.2. The van der Waals surface area contributed by atoms with Gasteiger partial charge in [0, 0.05) is 10.5 Å². The average molecular weight is 578 g/mol. The zero-order valence-electron chi connectivity index (χ0n) is 19.6. The Morgan fingerprint density at radius 3 is 2.61 bits per heavy atom. The molecule has 1 atom stereocenters. The maximum absolute atomic E-state index is 13.6. The van der Waals surface area contributed by atoms with Crippen LogP contribution in [0.2, 0.25) is 0 Å². The van der Waals surface area contributed by atoms with E-state index in [2.05, 4.69) is 20.9 Å². The van der Waals surface area contributed by atoms with E-state index in [1.54, 1.807) is 26.0 Å². The molecule has 3 aromatic rings. The first-order valence-corrected chi connectivity index (χ1v) is 12.2. The monoisotopic (exact) mass is 577 g/mol. The molecule has 0 bridgehead atoms. The molecule has 0 saturated heterocycles. The van der Waals surface area contributed by atoms with Crippen LogP contribution in [0, 0.1) is 10.1 Å². The summed E-state index contributed by atoms with van der Waals surface area (Å²) < 4.78 is 23.5. The zero-order chi connectivity index (χ0) is 26.1. The summed E-state index contributed by atoms with van der Waals surface area (Å²) in [6, 6.07) is 5.06. The van der Waals surface area contributed by atoms with Crippen molar-refractivity contribution in [2.75, 3.05) is 20.8 Å². The Kier molecular flexibility index (Phi) is 7.13. The highest BCUT2D eigenvalue weighted by molar-refractivity contribution is 9.10. The van der Waals surface area contributed by atoms with Crippen LogP contribution in [0.3, 0.4) is 0 Å². The maximum atomic E-state index is 13.6.